The Bertz CT molecular complexity index is 2130. The van der Waals surface area contributed by atoms with Gasteiger partial charge in [-0.1, -0.05) is 61.5 Å². The number of H-pyrrole nitrogens is 1. The van der Waals surface area contributed by atoms with E-state index in [4.69, 9.17) is 28.0 Å². The van der Waals surface area contributed by atoms with Gasteiger partial charge in [0.1, 0.15) is 35.0 Å². The number of fused-ring (bicyclic) bond motifs is 2. The molecule has 3 aromatic carbocycles. The zero-order valence-electron chi connectivity index (χ0n) is 35.4. The van der Waals surface area contributed by atoms with Crippen molar-refractivity contribution < 1.29 is 33.1 Å². The van der Waals surface area contributed by atoms with Gasteiger partial charge in [0.25, 0.3) is 14.1 Å². The summed E-state index contributed by atoms with van der Waals surface area (Å²) in [5.41, 5.74) is -2.98. The summed E-state index contributed by atoms with van der Waals surface area (Å²) in [6.07, 6.45) is 0.0361. The van der Waals surface area contributed by atoms with Crippen LogP contribution in [0.4, 0.5) is 0 Å². The monoisotopic (exact) mass is 828 g/mol. The van der Waals surface area contributed by atoms with Crippen molar-refractivity contribution in [2.45, 2.75) is 103 Å². The summed E-state index contributed by atoms with van der Waals surface area (Å²) < 4.78 is 43.1. The molecule has 2 fully saturated rings. The summed E-state index contributed by atoms with van der Waals surface area (Å²) in [5.74, 6) is 0.551. The standard InChI is InChI=1S/C45H57N4O9P/c1-29(2)49(30(3)4)59(56-25-13-24-46)58-39-38-31(5)26-43(7,52)44(39,57-41(38)48-27-32(6)40(50)47-42(48)51)28-55-45(33-14-11-10-12-15-33,34-16-20-36(53-8)21-17-34)35-18-22-37(54-9)23-19-35/h10-12,14-23,27,29-31,38-39,41,52H,13,25-26,28H2,1-9H3,(H,47,50,51)/t31-,38-,39+,41-,43-,44-,59?/m1/s1. The first-order valence-corrected chi connectivity index (χ1v) is 21.2. The van der Waals surface area contributed by atoms with E-state index in [1.807, 2.05) is 85.8 Å². The van der Waals surface area contributed by atoms with E-state index in [1.165, 1.54) is 10.8 Å². The van der Waals surface area contributed by atoms with Gasteiger partial charge in [0, 0.05) is 29.8 Å². The Morgan fingerprint density at radius 3 is 2.05 bits per heavy atom. The van der Waals surface area contributed by atoms with Crippen molar-refractivity contribution in [3.05, 3.63) is 128 Å². The number of nitrogens with zero attached hydrogens (tertiary/aromatic N) is 3. The normalized spacial score (nSPS) is 24.7. The quantitative estimate of drug-likeness (QED) is 0.0630. The van der Waals surface area contributed by atoms with Gasteiger partial charge in [-0.15, -0.1) is 0 Å². The zero-order chi connectivity index (χ0) is 42.7. The molecule has 59 heavy (non-hydrogen) atoms. The van der Waals surface area contributed by atoms with Crippen LogP contribution >= 0.6 is 8.53 Å². The summed E-state index contributed by atoms with van der Waals surface area (Å²) in [7, 11) is 1.36. The number of hydrogen-bond donors (Lipinski definition) is 2. The van der Waals surface area contributed by atoms with Gasteiger partial charge >= 0.3 is 5.69 Å². The Labute approximate surface area is 347 Å². The summed E-state index contributed by atoms with van der Waals surface area (Å²) in [6, 6.07) is 27.3. The Kier molecular flexibility index (Phi) is 13.5. The van der Waals surface area contributed by atoms with Crippen LogP contribution in [0.5, 0.6) is 11.5 Å². The van der Waals surface area contributed by atoms with E-state index >= 15 is 0 Å². The number of aromatic amines is 1. The molecular formula is C45H57N4O9P. The molecule has 1 saturated carbocycles. The minimum Gasteiger partial charge on any atom is -0.497 e. The van der Waals surface area contributed by atoms with Crippen molar-refractivity contribution in [2.24, 2.45) is 11.8 Å². The van der Waals surface area contributed by atoms with E-state index in [9.17, 15) is 20.0 Å². The number of benzene rings is 3. The van der Waals surface area contributed by atoms with E-state index < -0.39 is 54.8 Å². The van der Waals surface area contributed by atoms with Gasteiger partial charge in [0.15, 0.2) is 0 Å². The van der Waals surface area contributed by atoms with Gasteiger partial charge in [-0.05, 0) is 94.8 Å². The number of nitrogens with one attached hydrogen (secondary N) is 1. The molecule has 2 bridgehead atoms. The molecule has 7 atom stereocenters. The van der Waals surface area contributed by atoms with Crippen molar-refractivity contribution >= 4 is 8.53 Å². The van der Waals surface area contributed by atoms with Gasteiger partial charge in [0.05, 0.1) is 45.5 Å². The van der Waals surface area contributed by atoms with Crippen molar-refractivity contribution in [2.75, 3.05) is 27.4 Å². The van der Waals surface area contributed by atoms with E-state index in [-0.39, 0.29) is 44.1 Å². The predicted octanol–water partition coefficient (Wildman–Crippen LogP) is 7.21. The fourth-order valence-corrected chi connectivity index (χ4v) is 10.7. The lowest BCUT2D eigenvalue weighted by molar-refractivity contribution is -0.244. The van der Waals surface area contributed by atoms with E-state index in [2.05, 4.69) is 43.4 Å². The second-order valence-corrected chi connectivity index (χ2v) is 17.7. The molecule has 1 saturated heterocycles. The number of aryl methyl sites for hydroxylation is 1. The molecular weight excluding hydrogens is 771 g/mol. The first-order valence-electron chi connectivity index (χ1n) is 20.1. The number of aliphatic hydroxyl groups is 1. The molecule has 14 heteroatoms. The summed E-state index contributed by atoms with van der Waals surface area (Å²) >= 11 is 0. The van der Waals surface area contributed by atoms with Crippen molar-refractivity contribution in [1.82, 2.24) is 14.2 Å². The molecule has 1 aliphatic carbocycles. The van der Waals surface area contributed by atoms with Gasteiger partial charge in [-0.25, -0.2) is 9.46 Å². The SMILES string of the molecule is COc1ccc(C(OC[C@]23O[C@@H](n4cc(C)c(=O)[nH]c4=O)[C@H]([C@H](C)C[C@@]2(C)O)[C@@H]3OP(OCCC#N)N(C(C)C)C(C)C)(c2ccccc2)c2ccc(OC)cc2)cc1. The van der Waals surface area contributed by atoms with Crippen LogP contribution in [0.1, 0.15) is 82.9 Å². The molecule has 2 N–H and O–H groups in total. The average Bonchev–Trinajstić information content (AvgIpc) is 3.50. The van der Waals surface area contributed by atoms with Crippen LogP contribution < -0.4 is 20.7 Å². The maximum atomic E-state index is 13.7. The number of ether oxygens (including phenoxy) is 4. The zero-order valence-corrected chi connectivity index (χ0v) is 36.3. The van der Waals surface area contributed by atoms with Crippen LogP contribution in [0.2, 0.25) is 0 Å². The smallest absolute Gasteiger partial charge is 0.330 e. The lowest BCUT2D eigenvalue weighted by Gasteiger charge is -2.52. The largest absolute Gasteiger partial charge is 0.497 e. The van der Waals surface area contributed by atoms with Crippen LogP contribution in [0, 0.1) is 30.1 Å². The predicted molar refractivity (Wildman–Crippen MR) is 225 cm³/mol. The van der Waals surface area contributed by atoms with Gasteiger partial charge in [-0.3, -0.25) is 14.3 Å². The third-order valence-corrected chi connectivity index (χ3v) is 13.8. The summed E-state index contributed by atoms with van der Waals surface area (Å²) in [4.78, 5) is 28.8. The summed E-state index contributed by atoms with van der Waals surface area (Å²) in [5, 5.41) is 22.5. The first-order chi connectivity index (χ1) is 28.1. The Hall–Kier alpha value is -4.38. The fraction of sp³-hybridized carbons (Fsp3) is 0.489. The molecule has 0 amide bonds. The molecule has 2 aliphatic rings. The number of aromatic nitrogens is 2. The molecule has 2 heterocycles. The van der Waals surface area contributed by atoms with Gasteiger partial charge in [0.2, 0.25) is 0 Å². The second kappa shape index (κ2) is 18.1. The summed E-state index contributed by atoms with van der Waals surface area (Å²) in [6.45, 7) is 13.5. The van der Waals surface area contributed by atoms with Crippen LogP contribution in [-0.4, -0.2) is 76.2 Å². The lowest BCUT2D eigenvalue weighted by atomic mass is 9.64. The Morgan fingerprint density at radius 2 is 1.53 bits per heavy atom. The van der Waals surface area contributed by atoms with Crippen LogP contribution in [0.25, 0.3) is 0 Å². The molecule has 0 radical (unpaired) electrons. The third-order valence-electron chi connectivity index (χ3n) is 11.7. The number of rotatable bonds is 17. The highest BCUT2D eigenvalue weighted by Gasteiger charge is 2.71. The van der Waals surface area contributed by atoms with E-state index in [1.54, 1.807) is 28.1 Å². The van der Waals surface area contributed by atoms with Crippen molar-refractivity contribution in [3.8, 4) is 17.6 Å². The van der Waals surface area contributed by atoms with Crippen LogP contribution in [0.3, 0.4) is 0 Å². The van der Waals surface area contributed by atoms with Gasteiger partial charge in [-0.2, -0.15) is 5.26 Å². The minimum atomic E-state index is -1.87. The van der Waals surface area contributed by atoms with Crippen LogP contribution in [0.15, 0.2) is 94.6 Å². The topological polar surface area (TPSA) is 158 Å². The molecule has 0 spiro atoms. The molecule has 1 unspecified atom stereocenters. The van der Waals surface area contributed by atoms with Crippen LogP contribution in [-0.2, 0) is 24.1 Å². The molecule has 316 valence electrons. The number of methoxy groups -OCH3 is 2. The van der Waals surface area contributed by atoms with E-state index in [0.717, 1.165) is 16.7 Å². The maximum Gasteiger partial charge on any atom is 0.330 e. The first kappa shape index (κ1) is 44.2. The minimum absolute atomic E-state index is 0.0216. The van der Waals surface area contributed by atoms with E-state index in [0.29, 0.717) is 17.1 Å². The Balaban J connectivity index is 1.59. The molecule has 4 aromatic rings. The average molecular weight is 829 g/mol. The highest BCUT2D eigenvalue weighted by molar-refractivity contribution is 7.44. The van der Waals surface area contributed by atoms with Gasteiger partial charge < -0.3 is 33.1 Å². The number of hydrogen-bond acceptors (Lipinski definition) is 11. The lowest BCUT2D eigenvalue weighted by Crippen LogP contribution is -2.66. The molecule has 13 nitrogen and oxygen atoms in total. The van der Waals surface area contributed by atoms with Crippen molar-refractivity contribution in [1.29, 1.82) is 5.26 Å². The number of nitriles is 1. The molecule has 1 aliphatic heterocycles. The highest BCUT2D eigenvalue weighted by atomic mass is 31.2. The fourth-order valence-electron chi connectivity index (χ4n) is 8.90. The third kappa shape index (κ3) is 8.37. The second-order valence-electron chi connectivity index (χ2n) is 16.3. The molecule has 6 rings (SSSR count). The molecule has 1 aromatic heterocycles. The van der Waals surface area contributed by atoms with Crippen molar-refractivity contribution in [3.63, 3.8) is 0 Å². The Morgan fingerprint density at radius 1 is 0.966 bits per heavy atom. The highest BCUT2D eigenvalue weighted by Crippen LogP contribution is 2.62. The maximum absolute atomic E-state index is 13.7.